The van der Waals surface area contributed by atoms with E-state index < -0.39 is 0 Å². The van der Waals surface area contributed by atoms with Crippen molar-refractivity contribution in [2.45, 2.75) is 52.5 Å². The summed E-state index contributed by atoms with van der Waals surface area (Å²) in [6, 6.07) is 0. The first-order valence-electron chi connectivity index (χ1n) is 7.07. The Morgan fingerprint density at radius 1 is 1.22 bits per heavy atom. The third-order valence-corrected chi connectivity index (χ3v) is 4.23. The summed E-state index contributed by atoms with van der Waals surface area (Å²) in [5, 5.41) is 4.42. The fourth-order valence-corrected chi connectivity index (χ4v) is 3.06. The Labute approximate surface area is 116 Å². The largest absolute Gasteiger partial charge is 0.351 e. The molecule has 1 aromatic rings. The van der Waals surface area contributed by atoms with E-state index in [1.807, 2.05) is 18.4 Å². The van der Waals surface area contributed by atoms with Crippen molar-refractivity contribution in [3.05, 3.63) is 10.6 Å². The molecule has 104 valence electrons. The van der Waals surface area contributed by atoms with Crippen LogP contribution in [0.1, 0.15) is 50.1 Å². The van der Waals surface area contributed by atoms with Gasteiger partial charge in [-0.3, -0.25) is 0 Å². The minimum Gasteiger partial charge on any atom is -0.351 e. The molecule has 0 unspecified atom stereocenters. The molecule has 0 atom stereocenters. The molecule has 18 heavy (non-hydrogen) atoms. The molecule has 0 radical (unpaired) electrons. The molecule has 1 N–H and O–H groups in total. The van der Waals surface area contributed by atoms with Crippen LogP contribution in [0, 0.1) is 0 Å². The molecular weight excluding hydrogens is 242 g/mol. The van der Waals surface area contributed by atoms with Crippen LogP contribution in [0.2, 0.25) is 0 Å². The van der Waals surface area contributed by atoms with Crippen LogP contribution in [0.25, 0.3) is 0 Å². The van der Waals surface area contributed by atoms with Crippen LogP contribution >= 0.6 is 11.3 Å². The van der Waals surface area contributed by atoms with Gasteiger partial charge in [-0.1, -0.05) is 33.1 Å². The zero-order valence-electron chi connectivity index (χ0n) is 12.3. The third kappa shape index (κ3) is 4.58. The van der Waals surface area contributed by atoms with Gasteiger partial charge in [-0.05, 0) is 19.9 Å². The van der Waals surface area contributed by atoms with Gasteiger partial charge in [0.1, 0.15) is 0 Å². The summed E-state index contributed by atoms with van der Waals surface area (Å²) >= 11 is 1.84. The molecule has 0 fully saturated rings. The maximum atomic E-state index is 4.80. The van der Waals surface area contributed by atoms with E-state index in [4.69, 9.17) is 4.98 Å². The Morgan fingerprint density at radius 2 is 2.00 bits per heavy atom. The second-order valence-electron chi connectivity index (χ2n) is 4.78. The summed E-state index contributed by atoms with van der Waals surface area (Å²) in [5.74, 6) is 0. The number of hydrogen-bond donors (Lipinski definition) is 1. The molecule has 0 bridgehead atoms. The first kappa shape index (κ1) is 15.4. The number of aryl methyl sites for hydroxylation is 1. The Kier molecular flexibility index (Phi) is 7.28. The van der Waals surface area contributed by atoms with Crippen LogP contribution in [0.15, 0.2) is 0 Å². The van der Waals surface area contributed by atoms with E-state index in [1.54, 1.807) is 0 Å². The molecule has 0 saturated carbocycles. The minimum absolute atomic E-state index is 0.940. The summed E-state index contributed by atoms with van der Waals surface area (Å²) in [7, 11) is 4.16. The lowest BCUT2D eigenvalue weighted by Crippen LogP contribution is -2.18. The second-order valence-corrected chi connectivity index (χ2v) is 5.84. The molecule has 1 heterocycles. The average molecular weight is 269 g/mol. The van der Waals surface area contributed by atoms with Crippen molar-refractivity contribution in [1.29, 1.82) is 0 Å². The van der Waals surface area contributed by atoms with Crippen molar-refractivity contribution >= 4 is 16.5 Å². The number of rotatable bonds is 9. The van der Waals surface area contributed by atoms with E-state index in [-0.39, 0.29) is 0 Å². The van der Waals surface area contributed by atoms with Crippen molar-refractivity contribution in [1.82, 2.24) is 10.3 Å². The van der Waals surface area contributed by atoms with Gasteiger partial charge in [0, 0.05) is 25.0 Å². The van der Waals surface area contributed by atoms with Gasteiger partial charge in [0.05, 0.1) is 5.69 Å². The van der Waals surface area contributed by atoms with Crippen LogP contribution in [0.3, 0.4) is 0 Å². The molecule has 1 rings (SSSR count). The van der Waals surface area contributed by atoms with Crippen molar-refractivity contribution in [2.24, 2.45) is 0 Å². The van der Waals surface area contributed by atoms with Gasteiger partial charge in [-0.2, -0.15) is 0 Å². The van der Waals surface area contributed by atoms with Gasteiger partial charge in [-0.15, -0.1) is 11.3 Å². The Hall–Kier alpha value is -0.610. The topological polar surface area (TPSA) is 28.2 Å². The summed E-state index contributed by atoms with van der Waals surface area (Å²) in [4.78, 5) is 8.51. The van der Waals surface area contributed by atoms with E-state index in [1.165, 1.54) is 41.4 Å². The van der Waals surface area contributed by atoms with Crippen molar-refractivity contribution < 1.29 is 0 Å². The summed E-state index contributed by atoms with van der Waals surface area (Å²) in [5.41, 5.74) is 1.29. The molecule has 1 aromatic heterocycles. The molecule has 4 heteroatoms. The van der Waals surface area contributed by atoms with E-state index in [2.05, 4.69) is 31.1 Å². The number of anilines is 1. The normalized spacial score (nSPS) is 10.9. The number of unbranched alkanes of at least 4 members (excludes halogenated alkanes) is 2. The first-order chi connectivity index (χ1) is 8.72. The Balaban J connectivity index is 2.66. The highest BCUT2D eigenvalue weighted by molar-refractivity contribution is 7.15. The SMILES string of the molecule is CCCCCN(C)c1nc(CCC)c(CNC)s1. The Bertz CT molecular complexity index is 312. The van der Waals surface area contributed by atoms with Gasteiger partial charge < -0.3 is 10.2 Å². The number of thiazole rings is 1. The van der Waals surface area contributed by atoms with E-state index >= 15 is 0 Å². The lowest BCUT2D eigenvalue weighted by molar-refractivity contribution is 0.703. The first-order valence-corrected chi connectivity index (χ1v) is 7.88. The van der Waals surface area contributed by atoms with Gasteiger partial charge in [0.25, 0.3) is 0 Å². The number of nitrogens with zero attached hydrogens (tertiary/aromatic N) is 2. The van der Waals surface area contributed by atoms with Crippen LogP contribution in [-0.4, -0.2) is 25.6 Å². The minimum atomic E-state index is 0.940. The number of aromatic nitrogens is 1. The quantitative estimate of drug-likeness (QED) is 0.696. The van der Waals surface area contributed by atoms with Crippen LogP contribution in [0.5, 0.6) is 0 Å². The number of nitrogens with one attached hydrogen (secondary N) is 1. The lowest BCUT2D eigenvalue weighted by Gasteiger charge is -2.14. The summed E-state index contributed by atoms with van der Waals surface area (Å²) in [6.07, 6.45) is 6.10. The predicted octanol–water partition coefficient (Wildman–Crippen LogP) is 3.44. The zero-order chi connectivity index (χ0) is 13.4. The fraction of sp³-hybridized carbons (Fsp3) is 0.786. The third-order valence-electron chi connectivity index (χ3n) is 3.01. The summed E-state index contributed by atoms with van der Waals surface area (Å²) < 4.78 is 0. The van der Waals surface area contributed by atoms with E-state index in [0.717, 1.165) is 19.5 Å². The van der Waals surface area contributed by atoms with Crippen LogP contribution in [-0.2, 0) is 13.0 Å². The van der Waals surface area contributed by atoms with Gasteiger partial charge >= 0.3 is 0 Å². The van der Waals surface area contributed by atoms with Crippen molar-refractivity contribution in [2.75, 3.05) is 25.5 Å². The standard InChI is InChI=1S/C14H27N3S/c1-5-7-8-10-17(4)14-16-12(9-6-2)13(18-14)11-15-3/h15H,5-11H2,1-4H3. The maximum absolute atomic E-state index is 4.80. The molecule has 0 saturated heterocycles. The Morgan fingerprint density at radius 3 is 2.61 bits per heavy atom. The fourth-order valence-electron chi connectivity index (χ4n) is 1.96. The van der Waals surface area contributed by atoms with E-state index in [9.17, 15) is 0 Å². The van der Waals surface area contributed by atoms with Crippen LogP contribution in [0.4, 0.5) is 5.13 Å². The lowest BCUT2D eigenvalue weighted by atomic mass is 10.2. The van der Waals surface area contributed by atoms with Crippen molar-refractivity contribution in [3.8, 4) is 0 Å². The summed E-state index contributed by atoms with van der Waals surface area (Å²) in [6.45, 7) is 6.52. The molecule has 0 aliphatic carbocycles. The maximum Gasteiger partial charge on any atom is 0.185 e. The van der Waals surface area contributed by atoms with E-state index in [0.29, 0.717) is 0 Å². The predicted molar refractivity (Wildman–Crippen MR) is 81.7 cm³/mol. The zero-order valence-corrected chi connectivity index (χ0v) is 13.1. The van der Waals surface area contributed by atoms with Gasteiger partial charge in [-0.25, -0.2) is 4.98 Å². The highest BCUT2D eigenvalue weighted by atomic mass is 32.1. The second kappa shape index (κ2) is 8.48. The molecule has 0 spiro atoms. The van der Waals surface area contributed by atoms with Gasteiger partial charge in [0.15, 0.2) is 5.13 Å². The van der Waals surface area contributed by atoms with Crippen LogP contribution < -0.4 is 10.2 Å². The van der Waals surface area contributed by atoms with Gasteiger partial charge in [0.2, 0.25) is 0 Å². The molecule has 0 aliphatic heterocycles. The molecule has 0 aromatic carbocycles. The number of hydrogen-bond acceptors (Lipinski definition) is 4. The average Bonchev–Trinajstić information content (AvgIpc) is 2.74. The molecule has 0 aliphatic rings. The molecule has 0 amide bonds. The highest BCUT2D eigenvalue weighted by Crippen LogP contribution is 2.26. The smallest absolute Gasteiger partial charge is 0.185 e. The molecular formula is C14H27N3S. The monoisotopic (exact) mass is 269 g/mol. The molecule has 3 nitrogen and oxygen atoms in total. The van der Waals surface area contributed by atoms with Crippen molar-refractivity contribution in [3.63, 3.8) is 0 Å². The highest BCUT2D eigenvalue weighted by Gasteiger charge is 2.12.